The molecule has 4 N–H and O–H groups in total. The Bertz CT molecular complexity index is 101. The first-order chi connectivity index (χ1) is 6.31. The SMILES string of the molecule is CN(CCCO)CCCNCCN. The average molecular weight is 189 g/mol. The zero-order valence-electron chi connectivity index (χ0n) is 8.63. The van der Waals surface area contributed by atoms with Gasteiger partial charge in [-0.15, -0.1) is 0 Å². The van der Waals surface area contributed by atoms with Crippen molar-refractivity contribution in [2.24, 2.45) is 5.73 Å². The Morgan fingerprint density at radius 2 is 1.92 bits per heavy atom. The van der Waals surface area contributed by atoms with Crippen LogP contribution in [0.25, 0.3) is 0 Å². The van der Waals surface area contributed by atoms with Crippen LogP contribution in [0.3, 0.4) is 0 Å². The van der Waals surface area contributed by atoms with Crippen molar-refractivity contribution in [3.8, 4) is 0 Å². The Kier molecular flexibility index (Phi) is 9.80. The normalized spacial score (nSPS) is 11.1. The molecule has 0 radical (unpaired) electrons. The van der Waals surface area contributed by atoms with Crippen LogP contribution in [0.15, 0.2) is 0 Å². The predicted octanol–water partition coefficient (Wildman–Crippen LogP) is -0.761. The van der Waals surface area contributed by atoms with E-state index in [1.54, 1.807) is 0 Å². The molecule has 0 atom stereocenters. The topological polar surface area (TPSA) is 61.5 Å². The number of nitrogens with zero attached hydrogens (tertiary/aromatic N) is 1. The molecule has 0 aliphatic carbocycles. The van der Waals surface area contributed by atoms with Crippen LogP contribution in [0.5, 0.6) is 0 Å². The summed E-state index contributed by atoms with van der Waals surface area (Å²) >= 11 is 0. The van der Waals surface area contributed by atoms with Crippen molar-refractivity contribution < 1.29 is 5.11 Å². The van der Waals surface area contributed by atoms with Crippen LogP contribution in [-0.4, -0.2) is 56.4 Å². The van der Waals surface area contributed by atoms with Crippen molar-refractivity contribution in [3.05, 3.63) is 0 Å². The number of nitrogens with two attached hydrogens (primary N) is 1. The minimum Gasteiger partial charge on any atom is -0.396 e. The Labute approximate surface area is 81.1 Å². The quantitative estimate of drug-likeness (QED) is 0.417. The molecule has 0 amide bonds. The Balaban J connectivity index is 3.03. The molecule has 0 aromatic heterocycles. The van der Waals surface area contributed by atoms with Gasteiger partial charge in [0.1, 0.15) is 0 Å². The molecule has 0 aromatic rings. The van der Waals surface area contributed by atoms with Gasteiger partial charge in [-0.05, 0) is 33.0 Å². The van der Waals surface area contributed by atoms with Gasteiger partial charge in [0.05, 0.1) is 0 Å². The van der Waals surface area contributed by atoms with E-state index in [4.69, 9.17) is 10.8 Å². The number of nitrogens with one attached hydrogen (secondary N) is 1. The van der Waals surface area contributed by atoms with E-state index in [1.165, 1.54) is 0 Å². The van der Waals surface area contributed by atoms with Crippen molar-refractivity contribution >= 4 is 0 Å². The lowest BCUT2D eigenvalue weighted by Crippen LogP contribution is -2.28. The number of aliphatic hydroxyl groups is 1. The molecule has 0 aliphatic rings. The molecule has 13 heavy (non-hydrogen) atoms. The molecule has 0 fully saturated rings. The molecule has 0 unspecified atom stereocenters. The van der Waals surface area contributed by atoms with Crippen LogP contribution in [0.4, 0.5) is 0 Å². The van der Waals surface area contributed by atoms with Gasteiger partial charge in [-0.2, -0.15) is 0 Å². The van der Waals surface area contributed by atoms with Crippen LogP contribution in [0.1, 0.15) is 12.8 Å². The fourth-order valence-corrected chi connectivity index (χ4v) is 1.15. The lowest BCUT2D eigenvalue weighted by Gasteiger charge is -2.15. The maximum Gasteiger partial charge on any atom is 0.0443 e. The van der Waals surface area contributed by atoms with Crippen molar-refractivity contribution in [1.82, 2.24) is 10.2 Å². The zero-order chi connectivity index (χ0) is 9.94. The highest BCUT2D eigenvalue weighted by atomic mass is 16.3. The first-order valence-electron chi connectivity index (χ1n) is 5.01. The zero-order valence-corrected chi connectivity index (χ0v) is 8.63. The third-order valence-electron chi connectivity index (χ3n) is 1.91. The summed E-state index contributed by atoms with van der Waals surface area (Å²) in [5, 5.41) is 11.8. The summed E-state index contributed by atoms with van der Waals surface area (Å²) in [6.07, 6.45) is 2.01. The van der Waals surface area contributed by atoms with Gasteiger partial charge in [0.25, 0.3) is 0 Å². The average Bonchev–Trinajstić information content (AvgIpc) is 2.14. The fourth-order valence-electron chi connectivity index (χ4n) is 1.15. The smallest absolute Gasteiger partial charge is 0.0443 e. The molecule has 0 heterocycles. The third-order valence-corrected chi connectivity index (χ3v) is 1.91. The van der Waals surface area contributed by atoms with Crippen molar-refractivity contribution in [2.45, 2.75) is 12.8 Å². The van der Waals surface area contributed by atoms with Crippen molar-refractivity contribution in [2.75, 3.05) is 46.4 Å². The van der Waals surface area contributed by atoms with E-state index in [0.717, 1.165) is 39.0 Å². The first kappa shape index (κ1) is 12.8. The molecule has 80 valence electrons. The molecule has 0 spiro atoms. The van der Waals surface area contributed by atoms with E-state index < -0.39 is 0 Å². The molecular formula is C9H23N3O. The summed E-state index contributed by atoms with van der Waals surface area (Å²) in [4.78, 5) is 2.24. The van der Waals surface area contributed by atoms with E-state index in [-0.39, 0.29) is 6.61 Å². The van der Waals surface area contributed by atoms with Crippen LogP contribution in [0.2, 0.25) is 0 Å². The van der Waals surface area contributed by atoms with Gasteiger partial charge < -0.3 is 21.1 Å². The van der Waals surface area contributed by atoms with Crippen LogP contribution >= 0.6 is 0 Å². The number of hydrogen-bond acceptors (Lipinski definition) is 4. The third kappa shape index (κ3) is 9.76. The summed E-state index contributed by atoms with van der Waals surface area (Å²) in [6, 6.07) is 0. The fraction of sp³-hybridized carbons (Fsp3) is 1.00. The number of rotatable bonds is 9. The lowest BCUT2D eigenvalue weighted by atomic mass is 10.3. The second-order valence-corrected chi connectivity index (χ2v) is 3.27. The molecule has 0 aliphatic heterocycles. The van der Waals surface area contributed by atoms with E-state index in [1.807, 2.05) is 0 Å². The minimum absolute atomic E-state index is 0.287. The minimum atomic E-state index is 0.287. The number of hydrogen-bond donors (Lipinski definition) is 3. The summed E-state index contributed by atoms with van der Waals surface area (Å²) in [5.74, 6) is 0. The van der Waals surface area contributed by atoms with Crippen molar-refractivity contribution in [3.63, 3.8) is 0 Å². The monoisotopic (exact) mass is 189 g/mol. The molecule has 0 bridgehead atoms. The Hall–Kier alpha value is -0.160. The molecule has 0 saturated heterocycles. The molecular weight excluding hydrogens is 166 g/mol. The standard InChI is InChI=1S/C9H23N3O/c1-12(8-3-9-13)7-2-5-11-6-4-10/h11,13H,2-10H2,1H3. The number of aliphatic hydroxyl groups excluding tert-OH is 1. The van der Waals surface area contributed by atoms with Gasteiger partial charge in [-0.3, -0.25) is 0 Å². The van der Waals surface area contributed by atoms with E-state index in [2.05, 4.69) is 17.3 Å². The van der Waals surface area contributed by atoms with Gasteiger partial charge in [0.2, 0.25) is 0 Å². The van der Waals surface area contributed by atoms with E-state index >= 15 is 0 Å². The van der Waals surface area contributed by atoms with Crippen LogP contribution in [0, 0.1) is 0 Å². The summed E-state index contributed by atoms with van der Waals surface area (Å²) in [5.41, 5.74) is 5.34. The van der Waals surface area contributed by atoms with Gasteiger partial charge in [0.15, 0.2) is 0 Å². The van der Waals surface area contributed by atoms with E-state index in [0.29, 0.717) is 6.54 Å². The van der Waals surface area contributed by atoms with Gasteiger partial charge >= 0.3 is 0 Å². The predicted molar refractivity (Wildman–Crippen MR) is 55.7 cm³/mol. The molecule has 0 rings (SSSR count). The maximum absolute atomic E-state index is 8.60. The second-order valence-electron chi connectivity index (χ2n) is 3.27. The molecule has 4 nitrogen and oxygen atoms in total. The highest BCUT2D eigenvalue weighted by molar-refractivity contribution is 4.54. The highest BCUT2D eigenvalue weighted by Gasteiger charge is 1.96. The second kappa shape index (κ2) is 9.92. The van der Waals surface area contributed by atoms with Crippen LogP contribution in [-0.2, 0) is 0 Å². The largest absolute Gasteiger partial charge is 0.396 e. The summed E-state index contributed by atoms with van der Waals surface area (Å²) in [7, 11) is 2.08. The summed E-state index contributed by atoms with van der Waals surface area (Å²) < 4.78 is 0. The molecule has 0 saturated carbocycles. The van der Waals surface area contributed by atoms with E-state index in [9.17, 15) is 0 Å². The van der Waals surface area contributed by atoms with Gasteiger partial charge in [0, 0.05) is 26.2 Å². The summed E-state index contributed by atoms with van der Waals surface area (Å²) in [6.45, 7) is 4.99. The highest BCUT2D eigenvalue weighted by Crippen LogP contribution is 1.88. The maximum atomic E-state index is 8.60. The Morgan fingerprint density at radius 1 is 1.23 bits per heavy atom. The first-order valence-corrected chi connectivity index (χ1v) is 5.01. The van der Waals surface area contributed by atoms with Gasteiger partial charge in [-0.25, -0.2) is 0 Å². The molecule has 4 heteroatoms. The van der Waals surface area contributed by atoms with Crippen molar-refractivity contribution in [1.29, 1.82) is 0 Å². The Morgan fingerprint density at radius 3 is 2.54 bits per heavy atom. The lowest BCUT2D eigenvalue weighted by molar-refractivity contribution is 0.246. The van der Waals surface area contributed by atoms with Gasteiger partial charge in [-0.1, -0.05) is 0 Å². The van der Waals surface area contributed by atoms with Crippen LogP contribution < -0.4 is 11.1 Å². The molecule has 0 aromatic carbocycles.